The van der Waals surface area contributed by atoms with Gasteiger partial charge < -0.3 is 4.74 Å². The number of benzene rings is 1. The standard InChI is InChI=1S/C11H14O2/c1-9(10(2)13-8-12)11-6-4-3-5-7-11/h3-10H,1-2H3. The van der Waals surface area contributed by atoms with E-state index < -0.39 is 0 Å². The summed E-state index contributed by atoms with van der Waals surface area (Å²) in [5.41, 5.74) is 1.19. The molecule has 1 rings (SSSR count). The first-order valence-electron chi connectivity index (χ1n) is 4.39. The molecule has 0 spiro atoms. The second-order valence-electron chi connectivity index (χ2n) is 3.14. The van der Waals surface area contributed by atoms with Gasteiger partial charge in [0.25, 0.3) is 6.47 Å². The lowest BCUT2D eigenvalue weighted by Gasteiger charge is -2.18. The molecule has 0 heterocycles. The lowest BCUT2D eigenvalue weighted by Crippen LogP contribution is -2.15. The van der Waals surface area contributed by atoms with Gasteiger partial charge in [-0.2, -0.15) is 0 Å². The van der Waals surface area contributed by atoms with Gasteiger partial charge in [-0.1, -0.05) is 37.3 Å². The molecule has 2 heteroatoms. The predicted molar refractivity (Wildman–Crippen MR) is 51.5 cm³/mol. The van der Waals surface area contributed by atoms with E-state index in [1.165, 1.54) is 5.56 Å². The van der Waals surface area contributed by atoms with Crippen molar-refractivity contribution in [3.05, 3.63) is 35.9 Å². The lowest BCUT2D eigenvalue weighted by atomic mass is 9.96. The molecule has 13 heavy (non-hydrogen) atoms. The summed E-state index contributed by atoms with van der Waals surface area (Å²) in [5.74, 6) is 0.242. The zero-order valence-electron chi connectivity index (χ0n) is 7.94. The molecule has 0 fully saturated rings. The van der Waals surface area contributed by atoms with Crippen molar-refractivity contribution in [2.75, 3.05) is 0 Å². The lowest BCUT2D eigenvalue weighted by molar-refractivity contribution is -0.133. The summed E-state index contributed by atoms with van der Waals surface area (Å²) < 4.78 is 4.88. The van der Waals surface area contributed by atoms with Crippen molar-refractivity contribution in [3.8, 4) is 0 Å². The highest BCUT2D eigenvalue weighted by atomic mass is 16.5. The summed E-state index contributed by atoms with van der Waals surface area (Å²) in [6.45, 7) is 4.44. The molecule has 2 nitrogen and oxygen atoms in total. The first-order valence-corrected chi connectivity index (χ1v) is 4.39. The molecular weight excluding hydrogens is 164 g/mol. The minimum Gasteiger partial charge on any atom is -0.464 e. The molecule has 1 aromatic rings. The van der Waals surface area contributed by atoms with Crippen LogP contribution in [0.2, 0.25) is 0 Å². The molecular formula is C11H14O2. The van der Waals surface area contributed by atoms with E-state index in [2.05, 4.69) is 0 Å². The molecule has 70 valence electrons. The molecule has 2 unspecified atom stereocenters. The van der Waals surface area contributed by atoms with Crippen molar-refractivity contribution in [1.82, 2.24) is 0 Å². The van der Waals surface area contributed by atoms with Crippen molar-refractivity contribution in [1.29, 1.82) is 0 Å². The molecule has 0 aromatic heterocycles. The first kappa shape index (κ1) is 9.78. The molecule has 0 radical (unpaired) electrons. The van der Waals surface area contributed by atoms with Gasteiger partial charge in [0, 0.05) is 5.92 Å². The van der Waals surface area contributed by atoms with Gasteiger partial charge in [0.15, 0.2) is 0 Å². The van der Waals surface area contributed by atoms with Gasteiger partial charge in [-0.15, -0.1) is 0 Å². The largest absolute Gasteiger partial charge is 0.464 e. The van der Waals surface area contributed by atoms with Crippen molar-refractivity contribution < 1.29 is 9.53 Å². The van der Waals surface area contributed by atoms with Gasteiger partial charge in [-0.25, -0.2) is 0 Å². The average molecular weight is 178 g/mol. The fourth-order valence-electron chi connectivity index (χ4n) is 1.23. The Kier molecular flexibility index (Phi) is 3.50. The van der Waals surface area contributed by atoms with Crippen LogP contribution in [0.4, 0.5) is 0 Å². The van der Waals surface area contributed by atoms with Crippen molar-refractivity contribution in [2.24, 2.45) is 0 Å². The van der Waals surface area contributed by atoms with Crippen LogP contribution in [-0.4, -0.2) is 12.6 Å². The first-order chi connectivity index (χ1) is 6.25. The maximum absolute atomic E-state index is 10.1. The summed E-state index contributed by atoms with van der Waals surface area (Å²) in [4.78, 5) is 10.1. The molecule has 0 amide bonds. The molecule has 0 bridgehead atoms. The van der Waals surface area contributed by atoms with E-state index >= 15 is 0 Å². The van der Waals surface area contributed by atoms with Gasteiger partial charge in [0.2, 0.25) is 0 Å². The van der Waals surface area contributed by atoms with Crippen LogP contribution in [0.5, 0.6) is 0 Å². The Bertz CT molecular complexity index is 256. The predicted octanol–water partition coefficient (Wildman–Crippen LogP) is 2.35. The molecule has 0 aliphatic carbocycles. The highest BCUT2D eigenvalue weighted by Crippen LogP contribution is 2.19. The van der Waals surface area contributed by atoms with Crippen LogP contribution in [-0.2, 0) is 9.53 Å². The zero-order chi connectivity index (χ0) is 9.68. The van der Waals surface area contributed by atoms with Crippen molar-refractivity contribution in [2.45, 2.75) is 25.9 Å². The zero-order valence-corrected chi connectivity index (χ0v) is 7.94. The van der Waals surface area contributed by atoms with Crippen LogP contribution in [0.1, 0.15) is 25.3 Å². The van der Waals surface area contributed by atoms with Gasteiger partial charge in [0.1, 0.15) is 6.10 Å². The maximum atomic E-state index is 10.1. The molecule has 0 aliphatic heterocycles. The fraction of sp³-hybridized carbons (Fsp3) is 0.364. The Labute approximate surface area is 78.5 Å². The van der Waals surface area contributed by atoms with Gasteiger partial charge >= 0.3 is 0 Å². The smallest absolute Gasteiger partial charge is 0.293 e. The van der Waals surface area contributed by atoms with Crippen LogP contribution < -0.4 is 0 Å². The van der Waals surface area contributed by atoms with Crippen LogP contribution in [0.15, 0.2) is 30.3 Å². The van der Waals surface area contributed by atoms with E-state index in [4.69, 9.17) is 4.74 Å². The molecule has 0 saturated heterocycles. The van der Waals surface area contributed by atoms with E-state index in [-0.39, 0.29) is 12.0 Å². The van der Waals surface area contributed by atoms with Gasteiger partial charge in [-0.3, -0.25) is 4.79 Å². The average Bonchev–Trinajstić information content (AvgIpc) is 2.18. The van der Waals surface area contributed by atoms with E-state index in [9.17, 15) is 4.79 Å². The summed E-state index contributed by atoms with van der Waals surface area (Å²) in [7, 11) is 0. The SMILES string of the molecule is CC(OC=O)C(C)c1ccccc1. The van der Waals surface area contributed by atoms with Crippen LogP contribution in [0.25, 0.3) is 0 Å². The Morgan fingerprint density at radius 3 is 2.38 bits per heavy atom. The highest BCUT2D eigenvalue weighted by Gasteiger charge is 2.14. The topological polar surface area (TPSA) is 26.3 Å². The normalized spacial score (nSPS) is 14.6. The Morgan fingerprint density at radius 2 is 1.85 bits per heavy atom. The third-order valence-electron chi connectivity index (χ3n) is 2.30. The number of carbonyl (C=O) groups is 1. The summed E-state index contributed by atoms with van der Waals surface area (Å²) in [5, 5.41) is 0. The Balaban J connectivity index is 2.67. The maximum Gasteiger partial charge on any atom is 0.293 e. The summed E-state index contributed by atoms with van der Waals surface area (Å²) in [6.07, 6.45) is -0.0695. The Hall–Kier alpha value is -1.31. The third-order valence-corrected chi connectivity index (χ3v) is 2.30. The number of hydrogen-bond donors (Lipinski definition) is 0. The van der Waals surface area contributed by atoms with E-state index in [1.807, 2.05) is 44.2 Å². The molecule has 1 aromatic carbocycles. The summed E-state index contributed by atoms with van der Waals surface area (Å²) in [6, 6.07) is 10.0. The van der Waals surface area contributed by atoms with E-state index in [0.29, 0.717) is 6.47 Å². The van der Waals surface area contributed by atoms with Crippen LogP contribution in [0.3, 0.4) is 0 Å². The van der Waals surface area contributed by atoms with E-state index in [0.717, 1.165) is 0 Å². The minimum atomic E-state index is -0.0695. The molecule has 0 saturated carbocycles. The number of hydrogen-bond acceptors (Lipinski definition) is 2. The van der Waals surface area contributed by atoms with Gasteiger partial charge in [0.05, 0.1) is 0 Å². The van der Waals surface area contributed by atoms with Crippen LogP contribution >= 0.6 is 0 Å². The van der Waals surface area contributed by atoms with Gasteiger partial charge in [-0.05, 0) is 12.5 Å². The number of ether oxygens (including phenoxy) is 1. The number of rotatable bonds is 4. The van der Waals surface area contributed by atoms with Crippen LogP contribution in [0, 0.1) is 0 Å². The molecule has 0 N–H and O–H groups in total. The molecule has 2 atom stereocenters. The quantitative estimate of drug-likeness (QED) is 0.661. The monoisotopic (exact) mass is 178 g/mol. The third kappa shape index (κ3) is 2.58. The minimum absolute atomic E-state index is 0.0695. The number of carbonyl (C=O) groups excluding carboxylic acids is 1. The van der Waals surface area contributed by atoms with Crippen molar-refractivity contribution in [3.63, 3.8) is 0 Å². The van der Waals surface area contributed by atoms with E-state index in [1.54, 1.807) is 0 Å². The second-order valence-corrected chi connectivity index (χ2v) is 3.14. The fourth-order valence-corrected chi connectivity index (χ4v) is 1.23. The second kappa shape index (κ2) is 4.65. The summed E-state index contributed by atoms with van der Waals surface area (Å²) >= 11 is 0. The molecule has 0 aliphatic rings. The van der Waals surface area contributed by atoms with Crippen molar-refractivity contribution >= 4 is 6.47 Å². The Morgan fingerprint density at radius 1 is 1.23 bits per heavy atom. The highest BCUT2D eigenvalue weighted by molar-refractivity contribution is 5.38.